The van der Waals surface area contributed by atoms with Crippen molar-refractivity contribution in [1.29, 1.82) is 0 Å². The van der Waals surface area contributed by atoms with Gasteiger partial charge >= 0.3 is 15.7 Å². The van der Waals surface area contributed by atoms with Gasteiger partial charge in [-0.25, -0.2) is 4.98 Å². The lowest BCUT2D eigenvalue weighted by atomic mass is 10.3. The normalized spacial score (nSPS) is 9.33. The quantitative estimate of drug-likeness (QED) is 0.762. The van der Waals surface area contributed by atoms with Gasteiger partial charge < -0.3 is 8.60 Å². The molecule has 0 amide bonds. The molecule has 1 aromatic heterocycles. The number of nitrogens with one attached hydrogen (secondary N) is 2. The molecule has 15 heavy (non-hydrogen) atoms. The number of anilines is 2. The van der Waals surface area contributed by atoms with Crippen LogP contribution in [-0.4, -0.2) is 20.6 Å². The monoisotopic (exact) mass is 212 g/mol. The highest BCUT2D eigenvalue weighted by molar-refractivity contribution is 6.44. The maximum absolute atomic E-state index is 4.18. The summed E-state index contributed by atoms with van der Waals surface area (Å²) in [6, 6.07) is 16.0. The first kappa shape index (κ1) is 10.0. The molecule has 0 unspecified atom stereocenters. The highest BCUT2D eigenvalue weighted by atomic mass is 27.1. The third kappa shape index (κ3) is 3.28. The SMILES string of the molecule is c1ccc([NH][Al][NH]c2ccccn2)cc1. The molecule has 0 atom stereocenters. The van der Waals surface area contributed by atoms with Crippen LogP contribution in [0.25, 0.3) is 0 Å². The molecular formula is C11H11AlN3. The zero-order valence-electron chi connectivity index (χ0n) is 8.22. The summed E-state index contributed by atoms with van der Waals surface area (Å²) in [5.74, 6) is 0.913. The van der Waals surface area contributed by atoms with Crippen LogP contribution in [0.15, 0.2) is 54.7 Å². The lowest BCUT2D eigenvalue weighted by Gasteiger charge is -2.05. The number of nitrogens with zero attached hydrogens (tertiary/aromatic N) is 1. The first-order valence-corrected chi connectivity index (χ1v) is 5.91. The van der Waals surface area contributed by atoms with Crippen LogP contribution < -0.4 is 8.60 Å². The molecule has 4 heteroatoms. The summed E-state index contributed by atoms with van der Waals surface area (Å²) in [7, 11) is 0. The van der Waals surface area contributed by atoms with E-state index in [-0.39, 0.29) is 15.7 Å². The van der Waals surface area contributed by atoms with Crippen LogP contribution in [0.4, 0.5) is 11.5 Å². The lowest BCUT2D eigenvalue weighted by molar-refractivity contribution is 1.33. The Kier molecular flexibility index (Phi) is 3.61. The van der Waals surface area contributed by atoms with E-state index in [0.29, 0.717) is 0 Å². The van der Waals surface area contributed by atoms with Gasteiger partial charge in [0.05, 0.1) is 0 Å². The summed E-state index contributed by atoms with van der Waals surface area (Å²) in [6.45, 7) is 0. The van der Waals surface area contributed by atoms with E-state index in [2.05, 4.69) is 13.6 Å². The predicted molar refractivity (Wildman–Crippen MR) is 63.7 cm³/mol. The molecule has 3 nitrogen and oxygen atoms in total. The van der Waals surface area contributed by atoms with Crippen LogP contribution in [-0.2, 0) is 0 Å². The van der Waals surface area contributed by atoms with Gasteiger partial charge in [0.25, 0.3) is 0 Å². The minimum absolute atomic E-state index is 0.0616. The fourth-order valence-electron chi connectivity index (χ4n) is 1.18. The van der Waals surface area contributed by atoms with E-state index in [1.54, 1.807) is 6.20 Å². The second-order valence-corrected chi connectivity index (χ2v) is 3.88. The van der Waals surface area contributed by atoms with Crippen LogP contribution in [0.2, 0.25) is 0 Å². The second-order valence-electron chi connectivity index (χ2n) is 3.01. The van der Waals surface area contributed by atoms with Gasteiger partial charge in [-0.15, -0.1) is 0 Å². The molecule has 2 aromatic rings. The topological polar surface area (TPSA) is 37.0 Å². The van der Waals surface area contributed by atoms with Gasteiger partial charge in [0.2, 0.25) is 0 Å². The number of rotatable bonds is 4. The number of pyridine rings is 1. The van der Waals surface area contributed by atoms with Crippen molar-refractivity contribution in [1.82, 2.24) is 4.98 Å². The van der Waals surface area contributed by atoms with Crippen molar-refractivity contribution < 1.29 is 0 Å². The van der Waals surface area contributed by atoms with Crippen LogP contribution in [0.5, 0.6) is 0 Å². The molecule has 0 aliphatic heterocycles. The van der Waals surface area contributed by atoms with Crippen molar-refractivity contribution in [2.75, 3.05) is 8.60 Å². The summed E-state index contributed by atoms with van der Waals surface area (Å²) in [4.78, 5) is 4.18. The largest absolute Gasteiger partial charge is 0.549 e. The summed E-state index contributed by atoms with van der Waals surface area (Å²) in [5.41, 5.74) is 1.14. The number of hydrogen-bond donors (Lipinski definition) is 2. The molecule has 0 saturated carbocycles. The minimum Gasteiger partial charge on any atom is -0.464 e. The lowest BCUT2D eigenvalue weighted by Crippen LogP contribution is -2.17. The minimum atomic E-state index is -0.0616. The Morgan fingerprint density at radius 3 is 2.40 bits per heavy atom. The third-order valence-corrected chi connectivity index (χ3v) is 2.82. The van der Waals surface area contributed by atoms with E-state index in [1.165, 1.54) is 0 Å². The summed E-state index contributed by atoms with van der Waals surface area (Å²) < 4.78 is 6.58. The molecular weight excluding hydrogens is 201 g/mol. The Labute approximate surface area is 95.7 Å². The number of hydrogen-bond acceptors (Lipinski definition) is 3. The average Bonchev–Trinajstić information content (AvgIpc) is 2.32. The second kappa shape index (κ2) is 5.40. The Morgan fingerprint density at radius 1 is 0.867 bits per heavy atom. The molecule has 73 valence electrons. The Hall–Kier alpha value is -1.50. The molecule has 0 bridgehead atoms. The van der Waals surface area contributed by atoms with Crippen LogP contribution in [0, 0.1) is 0 Å². The van der Waals surface area contributed by atoms with E-state index in [4.69, 9.17) is 0 Å². The summed E-state index contributed by atoms with van der Waals surface area (Å²) in [5, 5.41) is 0. The van der Waals surface area contributed by atoms with Gasteiger partial charge in [0.1, 0.15) is 5.82 Å². The van der Waals surface area contributed by atoms with Crippen LogP contribution in [0.3, 0.4) is 0 Å². The Balaban J connectivity index is 1.81. The molecule has 0 aliphatic carbocycles. The first-order valence-electron chi connectivity index (χ1n) is 4.76. The van der Waals surface area contributed by atoms with Crippen molar-refractivity contribution in [2.24, 2.45) is 0 Å². The van der Waals surface area contributed by atoms with Gasteiger partial charge in [0, 0.05) is 11.9 Å². The molecule has 1 heterocycles. The summed E-state index contributed by atoms with van der Waals surface area (Å²) in [6.07, 6.45) is 1.78. The van der Waals surface area contributed by atoms with Crippen molar-refractivity contribution in [2.45, 2.75) is 0 Å². The Morgan fingerprint density at radius 2 is 1.67 bits per heavy atom. The zero-order chi connectivity index (χ0) is 10.3. The number of aromatic nitrogens is 1. The van der Waals surface area contributed by atoms with E-state index in [9.17, 15) is 0 Å². The van der Waals surface area contributed by atoms with E-state index < -0.39 is 0 Å². The van der Waals surface area contributed by atoms with Gasteiger partial charge in [-0.05, 0) is 24.3 Å². The standard InChI is InChI=1S/C6H6N.C5H5N2.Al/c7-6-4-2-1-3-5-6;6-5-3-1-2-4-7-5;/h1-5,7H;1-4H,(H-,6,7);/q2*-1;+2. The third-order valence-electron chi connectivity index (χ3n) is 1.90. The molecule has 2 rings (SSSR count). The maximum Gasteiger partial charge on any atom is 0.549 e. The van der Waals surface area contributed by atoms with Crippen LogP contribution in [0.1, 0.15) is 0 Å². The molecule has 1 radical (unpaired) electrons. The van der Waals surface area contributed by atoms with Crippen molar-refractivity contribution >= 4 is 27.2 Å². The average molecular weight is 212 g/mol. The summed E-state index contributed by atoms with van der Waals surface area (Å²) >= 11 is -0.0616. The highest BCUT2D eigenvalue weighted by Crippen LogP contribution is 2.04. The van der Waals surface area contributed by atoms with Gasteiger partial charge in [0.15, 0.2) is 0 Å². The molecule has 0 aliphatic rings. The molecule has 0 spiro atoms. The molecule has 0 saturated heterocycles. The van der Waals surface area contributed by atoms with Gasteiger partial charge in [-0.2, -0.15) is 0 Å². The number of para-hydroxylation sites is 1. The number of benzene rings is 1. The fourth-order valence-corrected chi connectivity index (χ4v) is 1.93. The fraction of sp³-hybridized carbons (Fsp3) is 0. The van der Waals surface area contributed by atoms with Gasteiger partial charge in [-0.1, -0.05) is 24.3 Å². The van der Waals surface area contributed by atoms with E-state index >= 15 is 0 Å². The first-order chi connectivity index (χ1) is 7.45. The van der Waals surface area contributed by atoms with Crippen molar-refractivity contribution in [3.05, 3.63) is 54.7 Å². The van der Waals surface area contributed by atoms with E-state index in [1.807, 2.05) is 48.5 Å². The smallest absolute Gasteiger partial charge is 0.464 e. The van der Waals surface area contributed by atoms with Gasteiger partial charge in [-0.3, -0.25) is 0 Å². The predicted octanol–water partition coefficient (Wildman–Crippen LogP) is 2.14. The van der Waals surface area contributed by atoms with Crippen LogP contribution >= 0.6 is 0 Å². The van der Waals surface area contributed by atoms with E-state index in [0.717, 1.165) is 11.5 Å². The molecule has 0 fully saturated rings. The zero-order valence-corrected chi connectivity index (χ0v) is 9.38. The van der Waals surface area contributed by atoms with Crippen molar-refractivity contribution in [3.8, 4) is 0 Å². The maximum atomic E-state index is 4.18. The molecule has 1 aromatic carbocycles. The van der Waals surface area contributed by atoms with Crippen molar-refractivity contribution in [3.63, 3.8) is 0 Å². The highest BCUT2D eigenvalue weighted by Gasteiger charge is 1.96. The molecule has 2 N–H and O–H groups in total. The Bertz CT molecular complexity index is 352.